The van der Waals surface area contributed by atoms with Crippen LogP contribution < -0.4 is 5.32 Å². The van der Waals surface area contributed by atoms with E-state index in [2.05, 4.69) is 5.32 Å². The molecule has 2 aromatic carbocycles. The molecular weight excluding hydrogens is 309 g/mol. The van der Waals surface area contributed by atoms with Gasteiger partial charge in [0.1, 0.15) is 23.3 Å². The van der Waals surface area contributed by atoms with E-state index in [1.165, 1.54) is 13.2 Å². The summed E-state index contributed by atoms with van der Waals surface area (Å²) >= 11 is 0. The number of halogens is 1. The standard InChI is InChI=1S/C19H20FNO3/c1-23-12-15-8-13(6-7-16(15)20)10-21-11-17(22)19-9-14-4-2-3-5-18(14)24-19/h2-9,17,21-22H,10-12H2,1H3/t17-/m1/s1. The van der Waals surface area contributed by atoms with E-state index in [1.807, 2.05) is 30.3 Å². The summed E-state index contributed by atoms with van der Waals surface area (Å²) in [6.45, 7) is 1.10. The Hall–Kier alpha value is -2.21. The van der Waals surface area contributed by atoms with Gasteiger partial charge in [0.2, 0.25) is 0 Å². The summed E-state index contributed by atoms with van der Waals surface area (Å²) < 4.78 is 24.2. The molecule has 0 spiro atoms. The van der Waals surface area contributed by atoms with Crippen LogP contribution in [0, 0.1) is 5.82 Å². The van der Waals surface area contributed by atoms with E-state index in [4.69, 9.17) is 9.15 Å². The Morgan fingerprint density at radius 1 is 1.21 bits per heavy atom. The van der Waals surface area contributed by atoms with E-state index in [-0.39, 0.29) is 12.4 Å². The zero-order valence-electron chi connectivity index (χ0n) is 13.5. The maximum Gasteiger partial charge on any atom is 0.135 e. The fourth-order valence-electron chi connectivity index (χ4n) is 2.62. The van der Waals surface area contributed by atoms with Crippen molar-refractivity contribution in [2.45, 2.75) is 19.3 Å². The lowest BCUT2D eigenvalue weighted by Crippen LogP contribution is -2.21. The van der Waals surface area contributed by atoms with Crippen LogP contribution >= 0.6 is 0 Å². The maximum atomic E-state index is 13.6. The topological polar surface area (TPSA) is 54.6 Å². The van der Waals surface area contributed by atoms with Crippen molar-refractivity contribution in [2.75, 3.05) is 13.7 Å². The molecule has 5 heteroatoms. The highest BCUT2D eigenvalue weighted by Gasteiger charge is 2.13. The van der Waals surface area contributed by atoms with Crippen molar-refractivity contribution in [1.29, 1.82) is 0 Å². The first-order valence-electron chi connectivity index (χ1n) is 7.81. The van der Waals surface area contributed by atoms with E-state index >= 15 is 0 Å². The Labute approximate surface area is 139 Å². The lowest BCUT2D eigenvalue weighted by atomic mass is 10.1. The Bertz CT molecular complexity index is 782. The molecule has 126 valence electrons. The summed E-state index contributed by atoms with van der Waals surface area (Å²) in [6, 6.07) is 14.4. The minimum atomic E-state index is -0.740. The first-order chi connectivity index (χ1) is 11.7. The molecule has 0 radical (unpaired) electrons. The van der Waals surface area contributed by atoms with Crippen LogP contribution in [0.4, 0.5) is 4.39 Å². The molecule has 4 nitrogen and oxygen atoms in total. The Kier molecular flexibility index (Phi) is 5.25. The summed E-state index contributed by atoms with van der Waals surface area (Å²) in [4.78, 5) is 0. The number of aliphatic hydroxyl groups is 1. The molecule has 0 fully saturated rings. The van der Waals surface area contributed by atoms with Crippen LogP contribution in [0.3, 0.4) is 0 Å². The van der Waals surface area contributed by atoms with Crippen molar-refractivity contribution in [3.05, 3.63) is 71.2 Å². The van der Waals surface area contributed by atoms with Gasteiger partial charge in [-0.2, -0.15) is 0 Å². The number of nitrogens with one attached hydrogen (secondary N) is 1. The number of fused-ring (bicyclic) bond motifs is 1. The van der Waals surface area contributed by atoms with Crippen LogP contribution in [0.2, 0.25) is 0 Å². The predicted octanol–water partition coefficient (Wildman–Crippen LogP) is 3.54. The van der Waals surface area contributed by atoms with Crippen LogP contribution in [0.5, 0.6) is 0 Å². The SMILES string of the molecule is COCc1cc(CNC[C@@H](O)c2cc3ccccc3o2)ccc1F. The second-order valence-corrected chi connectivity index (χ2v) is 5.69. The third kappa shape index (κ3) is 3.82. The minimum Gasteiger partial charge on any atom is -0.458 e. The molecule has 0 aliphatic rings. The summed E-state index contributed by atoms with van der Waals surface area (Å²) in [5.41, 5.74) is 2.21. The fourth-order valence-corrected chi connectivity index (χ4v) is 2.62. The molecule has 3 rings (SSSR count). The van der Waals surface area contributed by atoms with Gasteiger partial charge < -0.3 is 19.6 Å². The van der Waals surface area contributed by atoms with Gasteiger partial charge in [0, 0.05) is 31.1 Å². The lowest BCUT2D eigenvalue weighted by Gasteiger charge is -2.10. The van der Waals surface area contributed by atoms with Crippen LogP contribution in [0.15, 0.2) is 52.9 Å². The second kappa shape index (κ2) is 7.57. The van der Waals surface area contributed by atoms with Crippen molar-refractivity contribution in [1.82, 2.24) is 5.32 Å². The van der Waals surface area contributed by atoms with E-state index < -0.39 is 6.10 Å². The molecule has 0 saturated carbocycles. The van der Waals surface area contributed by atoms with Crippen LogP contribution in [-0.4, -0.2) is 18.8 Å². The first-order valence-corrected chi connectivity index (χ1v) is 7.81. The van der Waals surface area contributed by atoms with Gasteiger partial charge in [-0.1, -0.05) is 24.3 Å². The van der Waals surface area contributed by atoms with Crippen molar-refractivity contribution in [3.63, 3.8) is 0 Å². The Morgan fingerprint density at radius 2 is 2.04 bits per heavy atom. The number of para-hydroxylation sites is 1. The zero-order valence-corrected chi connectivity index (χ0v) is 13.5. The van der Waals surface area contributed by atoms with E-state index in [0.717, 1.165) is 16.5 Å². The minimum absolute atomic E-state index is 0.237. The van der Waals surface area contributed by atoms with Gasteiger partial charge >= 0.3 is 0 Å². The highest BCUT2D eigenvalue weighted by atomic mass is 19.1. The quantitative estimate of drug-likeness (QED) is 0.696. The highest BCUT2D eigenvalue weighted by molar-refractivity contribution is 5.77. The molecule has 2 N–H and O–H groups in total. The van der Waals surface area contributed by atoms with Gasteiger partial charge in [0.25, 0.3) is 0 Å². The molecule has 1 heterocycles. The highest BCUT2D eigenvalue weighted by Crippen LogP contribution is 2.23. The maximum absolute atomic E-state index is 13.6. The first kappa shape index (κ1) is 16.6. The van der Waals surface area contributed by atoms with Gasteiger partial charge in [0.15, 0.2) is 0 Å². The number of ether oxygens (including phenoxy) is 1. The molecule has 1 aromatic heterocycles. The number of rotatable bonds is 7. The largest absolute Gasteiger partial charge is 0.458 e. The molecule has 3 aromatic rings. The molecule has 1 atom stereocenters. The number of methoxy groups -OCH3 is 1. The third-order valence-electron chi connectivity index (χ3n) is 3.85. The molecule has 0 bridgehead atoms. The molecule has 24 heavy (non-hydrogen) atoms. The van der Waals surface area contributed by atoms with Crippen LogP contribution in [-0.2, 0) is 17.9 Å². The number of benzene rings is 2. The average Bonchev–Trinajstić information content (AvgIpc) is 3.02. The van der Waals surface area contributed by atoms with Gasteiger partial charge in [-0.05, 0) is 29.8 Å². The van der Waals surface area contributed by atoms with Gasteiger partial charge in [0.05, 0.1) is 6.61 Å². The Morgan fingerprint density at radius 3 is 2.83 bits per heavy atom. The molecule has 0 amide bonds. The fraction of sp³-hybridized carbons (Fsp3) is 0.263. The van der Waals surface area contributed by atoms with E-state index in [9.17, 15) is 9.50 Å². The second-order valence-electron chi connectivity index (χ2n) is 5.69. The van der Waals surface area contributed by atoms with E-state index in [1.54, 1.807) is 12.1 Å². The van der Waals surface area contributed by atoms with Crippen molar-refractivity contribution in [2.24, 2.45) is 0 Å². The molecule has 0 saturated heterocycles. The van der Waals surface area contributed by atoms with Crippen molar-refractivity contribution in [3.8, 4) is 0 Å². The summed E-state index contributed by atoms with van der Waals surface area (Å²) in [5, 5.41) is 14.4. The Balaban J connectivity index is 1.58. The van der Waals surface area contributed by atoms with Gasteiger partial charge in [-0.3, -0.25) is 0 Å². The van der Waals surface area contributed by atoms with Crippen molar-refractivity contribution < 1.29 is 18.7 Å². The number of hydrogen-bond acceptors (Lipinski definition) is 4. The summed E-state index contributed by atoms with van der Waals surface area (Å²) in [7, 11) is 1.54. The molecule has 0 aliphatic heterocycles. The lowest BCUT2D eigenvalue weighted by molar-refractivity contribution is 0.149. The average molecular weight is 329 g/mol. The zero-order chi connectivity index (χ0) is 16.9. The van der Waals surface area contributed by atoms with E-state index in [0.29, 0.717) is 24.4 Å². The van der Waals surface area contributed by atoms with Crippen molar-refractivity contribution >= 4 is 11.0 Å². The van der Waals surface area contributed by atoms with Crippen LogP contribution in [0.25, 0.3) is 11.0 Å². The van der Waals surface area contributed by atoms with Crippen LogP contribution in [0.1, 0.15) is 23.0 Å². The smallest absolute Gasteiger partial charge is 0.135 e. The monoisotopic (exact) mass is 329 g/mol. The number of hydrogen-bond donors (Lipinski definition) is 2. The molecule has 0 unspecified atom stereocenters. The normalized spacial score (nSPS) is 12.6. The summed E-state index contributed by atoms with van der Waals surface area (Å²) in [6.07, 6.45) is -0.740. The van der Waals surface area contributed by atoms with Gasteiger partial charge in [-0.25, -0.2) is 4.39 Å². The molecular formula is C19H20FNO3. The number of aliphatic hydroxyl groups excluding tert-OH is 1. The third-order valence-corrected chi connectivity index (χ3v) is 3.85. The van der Waals surface area contributed by atoms with Gasteiger partial charge in [-0.15, -0.1) is 0 Å². The summed E-state index contributed by atoms with van der Waals surface area (Å²) in [5.74, 6) is 0.255. The predicted molar refractivity (Wildman–Crippen MR) is 90.0 cm³/mol. The number of furan rings is 1. The molecule has 0 aliphatic carbocycles.